The van der Waals surface area contributed by atoms with E-state index in [-0.39, 0.29) is 12.3 Å². The van der Waals surface area contributed by atoms with Gasteiger partial charge in [-0.15, -0.1) is 0 Å². The highest BCUT2D eigenvalue weighted by atomic mass is 16.5. The van der Waals surface area contributed by atoms with Crippen molar-refractivity contribution in [2.75, 3.05) is 7.05 Å². The van der Waals surface area contributed by atoms with Crippen LogP contribution in [-0.4, -0.2) is 42.0 Å². The van der Waals surface area contributed by atoms with Gasteiger partial charge in [0.05, 0.1) is 0 Å². The Bertz CT molecular complexity index is 1140. The Morgan fingerprint density at radius 1 is 0.806 bits per heavy atom. The zero-order chi connectivity index (χ0) is 25.9. The molecule has 0 radical (unpaired) electrons. The maximum absolute atomic E-state index is 13.1. The summed E-state index contributed by atoms with van der Waals surface area (Å²) >= 11 is 0. The molecule has 0 saturated heterocycles. The van der Waals surface area contributed by atoms with Crippen molar-refractivity contribution in [1.82, 2.24) is 16.0 Å². The molecule has 3 rings (SSSR count). The van der Waals surface area contributed by atoms with Crippen LogP contribution in [0.4, 0.5) is 0 Å². The van der Waals surface area contributed by atoms with Crippen LogP contribution in [0.15, 0.2) is 84.9 Å². The first-order valence-corrected chi connectivity index (χ1v) is 11.6. The molecule has 8 nitrogen and oxygen atoms in total. The third-order valence-electron chi connectivity index (χ3n) is 5.59. The second kappa shape index (κ2) is 13.1. The van der Waals surface area contributed by atoms with E-state index in [0.29, 0.717) is 17.9 Å². The minimum Gasteiger partial charge on any atom is -0.489 e. The Morgan fingerprint density at radius 2 is 1.39 bits per heavy atom. The van der Waals surface area contributed by atoms with E-state index in [1.165, 1.54) is 14.0 Å². The van der Waals surface area contributed by atoms with Gasteiger partial charge in [0.15, 0.2) is 0 Å². The van der Waals surface area contributed by atoms with E-state index in [1.807, 2.05) is 60.7 Å². The lowest BCUT2D eigenvalue weighted by Crippen LogP contribution is -2.55. The van der Waals surface area contributed by atoms with Gasteiger partial charge in [-0.3, -0.25) is 14.4 Å². The van der Waals surface area contributed by atoms with Gasteiger partial charge in [-0.2, -0.15) is 0 Å². The van der Waals surface area contributed by atoms with Crippen LogP contribution >= 0.6 is 0 Å². The van der Waals surface area contributed by atoms with Gasteiger partial charge in [0.1, 0.15) is 30.5 Å². The molecule has 0 heterocycles. The maximum Gasteiger partial charge on any atom is 0.245 e. The monoisotopic (exact) mass is 489 g/mol. The van der Waals surface area contributed by atoms with Gasteiger partial charge in [0.25, 0.3) is 0 Å². The number of carbonyl (C=O) groups excluding carboxylic acids is 3. The molecule has 188 valence electrons. The fraction of sp³-hybridized carbons (Fsp3) is 0.250. The molecule has 36 heavy (non-hydrogen) atoms. The van der Waals surface area contributed by atoms with Crippen molar-refractivity contribution in [2.45, 2.75) is 38.1 Å². The number of aliphatic hydroxyl groups is 1. The molecule has 0 saturated carbocycles. The van der Waals surface area contributed by atoms with Crippen molar-refractivity contribution in [3.8, 4) is 5.75 Å². The number of ether oxygens (including phenoxy) is 1. The standard InChI is InChI=1S/C28H31N3O5/c1-19(32)30-24(17-20-9-5-3-6-10-20)27(34)31-25(28(35)29-2)26(33)22-13-15-23(16-14-22)36-18-21-11-7-4-8-12-21/h3-16,24-26,33H,17-18H2,1-2H3,(H,29,35)(H,30,32)(H,31,34). The van der Waals surface area contributed by atoms with Crippen LogP contribution in [0.2, 0.25) is 0 Å². The third-order valence-corrected chi connectivity index (χ3v) is 5.59. The molecule has 0 aliphatic carbocycles. The summed E-state index contributed by atoms with van der Waals surface area (Å²) in [6, 6.07) is 23.4. The number of carbonyl (C=O) groups is 3. The number of benzene rings is 3. The Labute approximate surface area is 210 Å². The van der Waals surface area contributed by atoms with Crippen LogP contribution < -0.4 is 20.7 Å². The van der Waals surface area contributed by atoms with Crippen molar-refractivity contribution in [1.29, 1.82) is 0 Å². The lowest BCUT2D eigenvalue weighted by Gasteiger charge is -2.26. The minimum atomic E-state index is -1.33. The minimum absolute atomic E-state index is 0.232. The van der Waals surface area contributed by atoms with Gasteiger partial charge < -0.3 is 25.8 Å². The largest absolute Gasteiger partial charge is 0.489 e. The van der Waals surface area contributed by atoms with E-state index in [9.17, 15) is 19.5 Å². The molecule has 0 spiro atoms. The first kappa shape index (κ1) is 26.4. The molecule has 0 aliphatic heterocycles. The van der Waals surface area contributed by atoms with Gasteiger partial charge >= 0.3 is 0 Å². The predicted octanol–water partition coefficient (Wildman–Crippen LogP) is 2.28. The van der Waals surface area contributed by atoms with Crippen LogP contribution in [0.3, 0.4) is 0 Å². The molecule has 0 aromatic heterocycles. The smallest absolute Gasteiger partial charge is 0.245 e. The zero-order valence-electron chi connectivity index (χ0n) is 20.3. The summed E-state index contributed by atoms with van der Waals surface area (Å²) in [6.45, 7) is 1.71. The lowest BCUT2D eigenvalue weighted by atomic mass is 9.99. The molecular formula is C28H31N3O5. The molecule has 3 atom stereocenters. The second-order valence-corrected chi connectivity index (χ2v) is 8.33. The molecule has 0 fully saturated rings. The average Bonchev–Trinajstić information content (AvgIpc) is 2.90. The second-order valence-electron chi connectivity index (χ2n) is 8.33. The molecule has 3 aromatic carbocycles. The summed E-state index contributed by atoms with van der Waals surface area (Å²) in [5, 5.41) is 18.7. The zero-order valence-corrected chi connectivity index (χ0v) is 20.3. The van der Waals surface area contributed by atoms with E-state index in [4.69, 9.17) is 4.74 Å². The Hall–Kier alpha value is -4.17. The molecule has 0 bridgehead atoms. The van der Waals surface area contributed by atoms with Crippen LogP contribution in [0.25, 0.3) is 0 Å². The Morgan fingerprint density at radius 3 is 1.94 bits per heavy atom. The van der Waals surface area contributed by atoms with Gasteiger partial charge in [-0.25, -0.2) is 0 Å². The molecule has 4 N–H and O–H groups in total. The summed E-state index contributed by atoms with van der Waals surface area (Å²) in [5.41, 5.74) is 2.29. The van der Waals surface area contributed by atoms with Crippen molar-refractivity contribution >= 4 is 17.7 Å². The van der Waals surface area contributed by atoms with Crippen molar-refractivity contribution < 1.29 is 24.2 Å². The van der Waals surface area contributed by atoms with E-state index in [1.54, 1.807) is 24.3 Å². The summed E-state index contributed by atoms with van der Waals surface area (Å²) in [7, 11) is 1.42. The molecule has 8 heteroatoms. The highest BCUT2D eigenvalue weighted by Gasteiger charge is 2.32. The van der Waals surface area contributed by atoms with Gasteiger partial charge in [0, 0.05) is 20.4 Å². The number of hydrogen-bond donors (Lipinski definition) is 4. The van der Waals surface area contributed by atoms with Crippen LogP contribution in [0, 0.1) is 0 Å². The highest BCUT2D eigenvalue weighted by molar-refractivity contribution is 5.92. The normalized spacial score (nSPS) is 13.1. The van der Waals surface area contributed by atoms with Gasteiger partial charge in [-0.1, -0.05) is 72.8 Å². The predicted molar refractivity (Wildman–Crippen MR) is 136 cm³/mol. The quantitative estimate of drug-likeness (QED) is 0.330. The van der Waals surface area contributed by atoms with Crippen LogP contribution in [0.5, 0.6) is 5.75 Å². The Kier molecular flexibility index (Phi) is 9.59. The lowest BCUT2D eigenvalue weighted by molar-refractivity contribution is -0.133. The summed E-state index contributed by atoms with van der Waals surface area (Å²) in [6.07, 6.45) is -1.09. The summed E-state index contributed by atoms with van der Waals surface area (Å²) in [4.78, 5) is 37.4. The molecule has 0 aliphatic rings. The number of amides is 3. The Balaban J connectivity index is 1.70. The van der Waals surface area contributed by atoms with Gasteiger partial charge in [0.2, 0.25) is 17.7 Å². The van der Waals surface area contributed by atoms with Crippen molar-refractivity contribution in [3.63, 3.8) is 0 Å². The molecular weight excluding hydrogens is 458 g/mol. The molecule has 3 amide bonds. The van der Waals surface area contributed by atoms with E-state index < -0.39 is 30.0 Å². The highest BCUT2D eigenvalue weighted by Crippen LogP contribution is 2.22. The van der Waals surface area contributed by atoms with E-state index in [2.05, 4.69) is 16.0 Å². The molecule has 3 unspecified atom stereocenters. The number of likely N-dealkylation sites (N-methyl/N-ethyl adjacent to an activating group) is 1. The first-order chi connectivity index (χ1) is 17.4. The summed E-state index contributed by atoms with van der Waals surface area (Å²) in [5.74, 6) is -0.927. The number of rotatable bonds is 11. The summed E-state index contributed by atoms with van der Waals surface area (Å²) < 4.78 is 5.77. The maximum atomic E-state index is 13.1. The fourth-order valence-corrected chi connectivity index (χ4v) is 3.70. The average molecular weight is 490 g/mol. The van der Waals surface area contributed by atoms with Crippen molar-refractivity contribution in [3.05, 3.63) is 102 Å². The topological polar surface area (TPSA) is 117 Å². The van der Waals surface area contributed by atoms with Gasteiger partial charge in [-0.05, 0) is 28.8 Å². The fourth-order valence-electron chi connectivity index (χ4n) is 3.70. The van der Waals surface area contributed by atoms with E-state index >= 15 is 0 Å². The SMILES string of the molecule is CNC(=O)C(NC(=O)C(Cc1ccccc1)NC(C)=O)C(O)c1ccc(OCc2ccccc2)cc1. The number of hydrogen-bond acceptors (Lipinski definition) is 5. The molecule has 3 aromatic rings. The van der Waals surface area contributed by atoms with Crippen LogP contribution in [-0.2, 0) is 27.4 Å². The number of aliphatic hydroxyl groups excluding tert-OH is 1. The number of nitrogens with one attached hydrogen (secondary N) is 3. The van der Waals surface area contributed by atoms with E-state index in [0.717, 1.165) is 11.1 Å². The van der Waals surface area contributed by atoms with Crippen molar-refractivity contribution in [2.24, 2.45) is 0 Å². The first-order valence-electron chi connectivity index (χ1n) is 11.6. The third kappa shape index (κ3) is 7.68. The van der Waals surface area contributed by atoms with Crippen LogP contribution in [0.1, 0.15) is 29.7 Å².